The fourth-order valence-electron chi connectivity index (χ4n) is 1.12. The minimum absolute atomic E-state index is 0.110. The molecule has 0 unspecified atom stereocenters. The van der Waals surface area contributed by atoms with E-state index >= 15 is 0 Å². The monoisotopic (exact) mass is 288 g/mol. The normalized spacial score (nSPS) is 9.88. The van der Waals surface area contributed by atoms with Crippen molar-refractivity contribution in [2.45, 2.75) is 6.42 Å². The van der Waals surface area contributed by atoms with Crippen molar-refractivity contribution in [1.82, 2.24) is 0 Å². The highest BCUT2D eigenvalue weighted by molar-refractivity contribution is 9.09. The highest BCUT2D eigenvalue weighted by Gasteiger charge is 2.12. The summed E-state index contributed by atoms with van der Waals surface area (Å²) in [5, 5.41) is 10.3. The zero-order chi connectivity index (χ0) is 12.0. The van der Waals surface area contributed by atoms with E-state index in [-0.39, 0.29) is 11.3 Å². The maximum atomic E-state index is 11.3. The zero-order valence-electron chi connectivity index (χ0n) is 8.90. The number of ether oxygens (including phenoxy) is 2. The largest absolute Gasteiger partial charge is 0.507 e. The van der Waals surface area contributed by atoms with Crippen molar-refractivity contribution in [2.24, 2.45) is 0 Å². The van der Waals surface area contributed by atoms with Crippen molar-refractivity contribution >= 4 is 21.9 Å². The van der Waals surface area contributed by atoms with Gasteiger partial charge in [-0.1, -0.05) is 15.9 Å². The molecule has 0 aliphatic carbocycles. The lowest BCUT2D eigenvalue weighted by Gasteiger charge is -2.07. The number of hydrogen-bond donors (Lipinski definition) is 1. The van der Waals surface area contributed by atoms with E-state index in [1.54, 1.807) is 6.07 Å². The summed E-state index contributed by atoms with van der Waals surface area (Å²) < 4.78 is 9.92. The first kappa shape index (κ1) is 12.8. The number of alkyl halides is 1. The molecule has 0 aromatic heterocycles. The molecule has 4 nitrogen and oxygen atoms in total. The SMILES string of the molecule is COC(=O)c1cc(OCCCBr)ccc1O. The van der Waals surface area contributed by atoms with Crippen molar-refractivity contribution in [3.8, 4) is 11.5 Å². The van der Waals surface area contributed by atoms with Gasteiger partial charge in [0, 0.05) is 5.33 Å². The average molecular weight is 289 g/mol. The third-order valence-corrected chi connectivity index (χ3v) is 2.48. The molecule has 0 heterocycles. The first-order chi connectivity index (χ1) is 7.69. The molecule has 0 atom stereocenters. The van der Waals surface area contributed by atoms with Crippen LogP contribution >= 0.6 is 15.9 Å². The first-order valence-corrected chi connectivity index (χ1v) is 5.91. The smallest absolute Gasteiger partial charge is 0.341 e. The van der Waals surface area contributed by atoms with Gasteiger partial charge < -0.3 is 14.6 Å². The molecule has 1 aromatic carbocycles. The lowest BCUT2D eigenvalue weighted by atomic mass is 10.2. The highest BCUT2D eigenvalue weighted by atomic mass is 79.9. The van der Waals surface area contributed by atoms with E-state index < -0.39 is 5.97 Å². The van der Waals surface area contributed by atoms with E-state index in [4.69, 9.17) is 4.74 Å². The lowest BCUT2D eigenvalue weighted by molar-refractivity contribution is 0.0597. The molecule has 1 rings (SSSR count). The van der Waals surface area contributed by atoms with Crippen LogP contribution in [0.2, 0.25) is 0 Å². The van der Waals surface area contributed by atoms with Crippen molar-refractivity contribution in [3.05, 3.63) is 23.8 Å². The van der Waals surface area contributed by atoms with Crippen molar-refractivity contribution in [1.29, 1.82) is 0 Å². The summed E-state index contributed by atoms with van der Waals surface area (Å²) in [7, 11) is 1.26. The minimum Gasteiger partial charge on any atom is -0.507 e. The Morgan fingerprint density at radius 2 is 2.25 bits per heavy atom. The Labute approximate surface area is 102 Å². The molecular formula is C11H13BrO4. The van der Waals surface area contributed by atoms with Gasteiger partial charge in [0.25, 0.3) is 0 Å². The molecule has 0 bridgehead atoms. The Bertz CT molecular complexity index is 365. The van der Waals surface area contributed by atoms with Gasteiger partial charge in [-0.05, 0) is 24.6 Å². The van der Waals surface area contributed by atoms with Crippen LogP contribution in [0.15, 0.2) is 18.2 Å². The summed E-state index contributed by atoms with van der Waals surface area (Å²) in [5.74, 6) is -0.151. The quantitative estimate of drug-likeness (QED) is 0.513. The molecule has 0 amide bonds. The fourth-order valence-corrected chi connectivity index (χ4v) is 1.35. The molecular weight excluding hydrogens is 276 g/mol. The van der Waals surface area contributed by atoms with Crippen LogP contribution < -0.4 is 4.74 Å². The number of benzene rings is 1. The van der Waals surface area contributed by atoms with Crippen LogP contribution in [0.4, 0.5) is 0 Å². The Balaban J connectivity index is 2.77. The van der Waals surface area contributed by atoms with E-state index in [1.165, 1.54) is 19.2 Å². The molecule has 88 valence electrons. The van der Waals surface area contributed by atoms with Gasteiger partial charge in [0.1, 0.15) is 17.1 Å². The summed E-state index contributed by atoms with van der Waals surface area (Å²) in [4.78, 5) is 11.3. The van der Waals surface area contributed by atoms with Gasteiger partial charge in [-0.3, -0.25) is 0 Å². The molecule has 1 N–H and O–H groups in total. The number of hydrogen-bond acceptors (Lipinski definition) is 4. The standard InChI is InChI=1S/C11H13BrO4/c1-15-11(14)9-7-8(3-4-10(9)13)16-6-2-5-12/h3-4,7,13H,2,5-6H2,1H3. The van der Waals surface area contributed by atoms with Crippen molar-refractivity contribution in [3.63, 3.8) is 0 Å². The molecule has 5 heteroatoms. The number of carbonyl (C=O) groups is 1. The number of carbonyl (C=O) groups excluding carboxylic acids is 1. The molecule has 0 saturated heterocycles. The van der Waals surface area contributed by atoms with Crippen molar-refractivity contribution in [2.75, 3.05) is 19.0 Å². The van der Waals surface area contributed by atoms with Gasteiger partial charge in [0.15, 0.2) is 0 Å². The van der Waals surface area contributed by atoms with Crippen LogP contribution in [0.1, 0.15) is 16.8 Å². The average Bonchev–Trinajstić information content (AvgIpc) is 2.30. The Morgan fingerprint density at radius 3 is 2.88 bits per heavy atom. The number of rotatable bonds is 5. The van der Waals surface area contributed by atoms with Crippen LogP contribution in [-0.4, -0.2) is 30.1 Å². The summed E-state index contributed by atoms with van der Waals surface area (Å²) in [6.45, 7) is 0.552. The molecule has 16 heavy (non-hydrogen) atoms. The highest BCUT2D eigenvalue weighted by Crippen LogP contribution is 2.23. The van der Waals surface area contributed by atoms with Gasteiger partial charge in [0.2, 0.25) is 0 Å². The second-order valence-electron chi connectivity index (χ2n) is 3.06. The summed E-state index contributed by atoms with van der Waals surface area (Å²) in [6.07, 6.45) is 0.869. The maximum absolute atomic E-state index is 11.3. The lowest BCUT2D eigenvalue weighted by Crippen LogP contribution is -2.03. The zero-order valence-corrected chi connectivity index (χ0v) is 10.5. The molecule has 0 radical (unpaired) electrons. The Morgan fingerprint density at radius 1 is 1.50 bits per heavy atom. The van der Waals surface area contributed by atoms with E-state index in [9.17, 15) is 9.90 Å². The van der Waals surface area contributed by atoms with Crippen LogP contribution in [0, 0.1) is 0 Å². The first-order valence-electron chi connectivity index (χ1n) is 4.79. The number of methoxy groups -OCH3 is 1. The third kappa shape index (κ3) is 3.41. The third-order valence-electron chi connectivity index (χ3n) is 1.92. The predicted molar refractivity (Wildman–Crippen MR) is 63.4 cm³/mol. The van der Waals surface area contributed by atoms with E-state index in [1.807, 2.05) is 0 Å². The molecule has 0 spiro atoms. The minimum atomic E-state index is -0.580. The maximum Gasteiger partial charge on any atom is 0.341 e. The second kappa shape index (κ2) is 6.37. The Kier molecular flexibility index (Phi) is 5.11. The van der Waals surface area contributed by atoms with E-state index in [0.717, 1.165) is 11.8 Å². The molecule has 0 aliphatic heterocycles. The van der Waals surface area contributed by atoms with Crippen LogP contribution in [-0.2, 0) is 4.74 Å². The van der Waals surface area contributed by atoms with E-state index in [2.05, 4.69) is 20.7 Å². The van der Waals surface area contributed by atoms with Gasteiger partial charge >= 0.3 is 5.97 Å². The summed E-state index contributed by atoms with van der Waals surface area (Å²) >= 11 is 3.29. The summed E-state index contributed by atoms with van der Waals surface area (Å²) in [5.41, 5.74) is 0.110. The molecule has 0 aliphatic rings. The van der Waals surface area contributed by atoms with Crippen LogP contribution in [0.5, 0.6) is 11.5 Å². The molecule has 0 fully saturated rings. The second-order valence-corrected chi connectivity index (χ2v) is 3.85. The molecule has 0 saturated carbocycles. The topological polar surface area (TPSA) is 55.8 Å². The van der Waals surface area contributed by atoms with Crippen LogP contribution in [0.3, 0.4) is 0 Å². The van der Waals surface area contributed by atoms with E-state index in [0.29, 0.717) is 12.4 Å². The fraction of sp³-hybridized carbons (Fsp3) is 0.364. The predicted octanol–water partition coefficient (Wildman–Crippen LogP) is 2.34. The van der Waals surface area contributed by atoms with Gasteiger partial charge in [-0.25, -0.2) is 4.79 Å². The number of phenolic OH excluding ortho intramolecular Hbond substituents is 1. The Hall–Kier alpha value is -1.23. The molecule has 1 aromatic rings. The van der Waals surface area contributed by atoms with Gasteiger partial charge in [0.05, 0.1) is 13.7 Å². The number of phenols is 1. The summed E-state index contributed by atoms with van der Waals surface area (Å²) in [6, 6.07) is 4.49. The van der Waals surface area contributed by atoms with Crippen molar-refractivity contribution < 1.29 is 19.4 Å². The van der Waals surface area contributed by atoms with Gasteiger partial charge in [-0.15, -0.1) is 0 Å². The number of esters is 1. The number of halogens is 1. The number of aromatic hydroxyl groups is 1. The van der Waals surface area contributed by atoms with Crippen LogP contribution in [0.25, 0.3) is 0 Å². The van der Waals surface area contributed by atoms with Gasteiger partial charge in [-0.2, -0.15) is 0 Å².